The Kier molecular flexibility index (Phi) is 7.41. The van der Waals surface area contributed by atoms with Crippen molar-refractivity contribution < 1.29 is 19.2 Å². The second-order valence-corrected chi connectivity index (χ2v) is 7.78. The highest BCUT2D eigenvalue weighted by Crippen LogP contribution is 2.23. The molecule has 0 N–H and O–H groups in total. The Morgan fingerprint density at radius 3 is 2.33 bits per heavy atom. The van der Waals surface area contributed by atoms with Crippen molar-refractivity contribution in [2.24, 2.45) is 0 Å². The van der Waals surface area contributed by atoms with Gasteiger partial charge in [0.1, 0.15) is 18.5 Å². The summed E-state index contributed by atoms with van der Waals surface area (Å²) in [7, 11) is 0. The van der Waals surface area contributed by atoms with E-state index in [2.05, 4.69) is 18.7 Å². The number of carbonyl (C=O) groups is 1. The highest BCUT2D eigenvalue weighted by molar-refractivity contribution is 5.89. The third kappa shape index (κ3) is 5.79. The Bertz CT molecular complexity index is 830. The number of hydrogen-bond donors (Lipinski definition) is 0. The summed E-state index contributed by atoms with van der Waals surface area (Å²) in [6.07, 6.45) is 2.97. The molecule has 0 amide bonds. The van der Waals surface area contributed by atoms with Crippen LogP contribution in [0.1, 0.15) is 43.5 Å². The van der Waals surface area contributed by atoms with E-state index < -0.39 is 17.0 Å². The molecule has 0 bridgehead atoms. The highest BCUT2D eigenvalue weighted by Gasteiger charge is 2.29. The molecule has 7 nitrogen and oxygen atoms in total. The number of hydrogen-bond acceptors (Lipinski definition) is 6. The average molecular weight is 412 g/mol. The van der Waals surface area contributed by atoms with Gasteiger partial charge in [-0.2, -0.15) is 0 Å². The molecule has 0 spiro atoms. The Morgan fingerprint density at radius 2 is 1.73 bits per heavy atom. The van der Waals surface area contributed by atoms with Crippen molar-refractivity contribution in [3.05, 3.63) is 70.3 Å². The van der Waals surface area contributed by atoms with E-state index >= 15 is 0 Å². The number of non-ortho nitro benzene ring substituents is 1. The topological polar surface area (TPSA) is 81.9 Å². The molecule has 0 saturated carbocycles. The van der Waals surface area contributed by atoms with E-state index in [1.165, 1.54) is 30.7 Å². The smallest absolute Gasteiger partial charge is 0.338 e. The number of nitro benzene ring substituents is 1. The predicted octanol–water partition coefficient (Wildman–Crippen LogP) is 4.46. The first-order chi connectivity index (χ1) is 14.4. The van der Waals surface area contributed by atoms with Gasteiger partial charge in [-0.15, -0.1) is 0 Å². The van der Waals surface area contributed by atoms with Gasteiger partial charge in [-0.1, -0.05) is 24.6 Å². The van der Waals surface area contributed by atoms with Crippen LogP contribution in [0.25, 0.3) is 0 Å². The Hall–Kier alpha value is -2.93. The average Bonchev–Trinajstić information content (AvgIpc) is 2.75. The number of para-hydroxylation sites is 1. The molecule has 1 fully saturated rings. The van der Waals surface area contributed by atoms with Crippen LogP contribution in [-0.2, 0) is 4.74 Å². The van der Waals surface area contributed by atoms with E-state index in [9.17, 15) is 14.9 Å². The van der Waals surface area contributed by atoms with E-state index in [0.717, 1.165) is 12.8 Å². The van der Waals surface area contributed by atoms with Crippen LogP contribution < -0.4 is 4.74 Å². The largest absolute Gasteiger partial charge is 0.490 e. The minimum absolute atomic E-state index is 0.0634. The first-order valence-electron chi connectivity index (χ1n) is 10.3. The summed E-state index contributed by atoms with van der Waals surface area (Å²) in [4.78, 5) is 25.4. The quantitative estimate of drug-likeness (QED) is 0.362. The molecule has 30 heavy (non-hydrogen) atoms. The zero-order valence-corrected chi connectivity index (χ0v) is 17.4. The fourth-order valence-electron chi connectivity index (χ4n) is 3.84. The molecule has 160 valence electrons. The van der Waals surface area contributed by atoms with Gasteiger partial charge in [0.2, 0.25) is 0 Å². The SMILES string of the molecule is C[C@@H]1CCC[C@@H](C)N1C[C@@H](COc1ccccc1)OC(=O)c1ccc([N+](=O)[O-])cc1. The number of likely N-dealkylation sites (tertiary alicyclic amines) is 1. The minimum atomic E-state index is -0.510. The molecule has 1 saturated heterocycles. The zero-order chi connectivity index (χ0) is 21.5. The van der Waals surface area contributed by atoms with Crippen molar-refractivity contribution in [2.45, 2.75) is 51.3 Å². The van der Waals surface area contributed by atoms with E-state index in [-0.39, 0.29) is 17.9 Å². The van der Waals surface area contributed by atoms with Gasteiger partial charge < -0.3 is 9.47 Å². The molecule has 2 aromatic carbocycles. The predicted molar refractivity (Wildman–Crippen MR) is 114 cm³/mol. The number of nitro groups is 1. The first-order valence-corrected chi connectivity index (χ1v) is 10.3. The number of piperidine rings is 1. The summed E-state index contributed by atoms with van der Waals surface area (Å²) >= 11 is 0. The van der Waals surface area contributed by atoms with Gasteiger partial charge in [-0.25, -0.2) is 4.79 Å². The molecule has 0 aliphatic carbocycles. The standard InChI is InChI=1S/C23H28N2O5/c1-17-7-6-8-18(2)24(17)15-22(16-29-21-9-4-3-5-10-21)30-23(26)19-11-13-20(14-12-19)25(27)28/h3-5,9-14,17-18,22H,6-8,15-16H2,1-2H3/t17-,18-,22+/m1/s1. The first kappa shape index (κ1) is 21.8. The fraction of sp³-hybridized carbons (Fsp3) is 0.435. The molecule has 7 heteroatoms. The molecule has 0 aromatic heterocycles. The maximum Gasteiger partial charge on any atom is 0.338 e. The number of nitrogens with zero attached hydrogens (tertiary/aromatic N) is 2. The van der Waals surface area contributed by atoms with Crippen LogP contribution in [0.4, 0.5) is 5.69 Å². The number of ether oxygens (including phenoxy) is 2. The second-order valence-electron chi connectivity index (χ2n) is 7.78. The van der Waals surface area contributed by atoms with E-state index in [0.29, 0.717) is 24.4 Å². The normalized spacial score (nSPS) is 20.3. The monoisotopic (exact) mass is 412 g/mol. The van der Waals surface area contributed by atoms with Crippen molar-refractivity contribution >= 4 is 11.7 Å². The lowest BCUT2D eigenvalue weighted by atomic mass is 9.97. The Balaban J connectivity index is 1.70. The maximum absolute atomic E-state index is 12.7. The molecule has 1 heterocycles. The van der Waals surface area contributed by atoms with Gasteiger partial charge in [0.05, 0.1) is 10.5 Å². The maximum atomic E-state index is 12.7. The molecule has 2 aromatic rings. The highest BCUT2D eigenvalue weighted by atomic mass is 16.6. The Labute approximate surface area is 176 Å². The molecule has 0 radical (unpaired) electrons. The number of carbonyl (C=O) groups excluding carboxylic acids is 1. The summed E-state index contributed by atoms with van der Waals surface area (Å²) < 4.78 is 11.7. The molecule has 1 aliphatic heterocycles. The molecule has 0 unspecified atom stereocenters. The molecule has 3 atom stereocenters. The van der Waals surface area contributed by atoms with Crippen molar-refractivity contribution in [3.8, 4) is 5.75 Å². The summed E-state index contributed by atoms with van der Waals surface area (Å²) in [5, 5.41) is 10.8. The lowest BCUT2D eigenvalue weighted by molar-refractivity contribution is -0.384. The van der Waals surface area contributed by atoms with Gasteiger partial charge in [-0.05, 0) is 51.0 Å². The number of esters is 1. The van der Waals surface area contributed by atoms with Gasteiger partial charge in [0, 0.05) is 30.8 Å². The summed E-state index contributed by atoms with van der Waals surface area (Å²) in [5.74, 6) is 0.206. The van der Waals surface area contributed by atoms with E-state index in [1.807, 2.05) is 30.3 Å². The van der Waals surface area contributed by atoms with Gasteiger partial charge in [-0.3, -0.25) is 15.0 Å². The van der Waals surface area contributed by atoms with Gasteiger partial charge >= 0.3 is 5.97 Å². The molecular weight excluding hydrogens is 384 g/mol. The molecular formula is C23H28N2O5. The van der Waals surface area contributed by atoms with Crippen LogP contribution in [0, 0.1) is 10.1 Å². The third-order valence-corrected chi connectivity index (χ3v) is 5.56. The van der Waals surface area contributed by atoms with Crippen LogP contribution in [0.15, 0.2) is 54.6 Å². The molecule has 1 aliphatic rings. The summed E-state index contributed by atoms with van der Waals surface area (Å²) in [6, 6.07) is 15.7. The minimum Gasteiger partial charge on any atom is -0.490 e. The van der Waals surface area contributed by atoms with Gasteiger partial charge in [0.15, 0.2) is 0 Å². The van der Waals surface area contributed by atoms with Crippen molar-refractivity contribution in [1.82, 2.24) is 4.90 Å². The summed E-state index contributed by atoms with van der Waals surface area (Å²) in [5.41, 5.74) is 0.219. The van der Waals surface area contributed by atoms with Crippen LogP contribution in [0.5, 0.6) is 5.75 Å². The van der Waals surface area contributed by atoms with Crippen molar-refractivity contribution in [1.29, 1.82) is 0 Å². The van der Waals surface area contributed by atoms with Crippen LogP contribution in [0.2, 0.25) is 0 Å². The van der Waals surface area contributed by atoms with E-state index in [1.54, 1.807) is 0 Å². The summed E-state index contributed by atoms with van der Waals surface area (Å²) in [6.45, 7) is 5.21. The second kappa shape index (κ2) is 10.2. The third-order valence-electron chi connectivity index (χ3n) is 5.56. The zero-order valence-electron chi connectivity index (χ0n) is 17.4. The Morgan fingerprint density at radius 1 is 1.10 bits per heavy atom. The van der Waals surface area contributed by atoms with Crippen molar-refractivity contribution in [3.63, 3.8) is 0 Å². The van der Waals surface area contributed by atoms with Crippen LogP contribution in [-0.4, -0.2) is 47.1 Å². The van der Waals surface area contributed by atoms with Crippen molar-refractivity contribution in [2.75, 3.05) is 13.2 Å². The fourth-order valence-corrected chi connectivity index (χ4v) is 3.84. The molecule has 3 rings (SSSR count). The van der Waals surface area contributed by atoms with Gasteiger partial charge in [0.25, 0.3) is 5.69 Å². The van der Waals surface area contributed by atoms with Crippen LogP contribution >= 0.6 is 0 Å². The lowest BCUT2D eigenvalue weighted by Gasteiger charge is -2.40. The van der Waals surface area contributed by atoms with Crippen LogP contribution in [0.3, 0.4) is 0 Å². The number of rotatable bonds is 8. The number of benzene rings is 2. The van der Waals surface area contributed by atoms with E-state index in [4.69, 9.17) is 9.47 Å². The lowest BCUT2D eigenvalue weighted by Crippen LogP contribution is -2.49.